The molecule has 3 aromatic rings. The largest absolute Gasteiger partial charge is 0.368 e. The number of nitro benzene ring substituents is 1. The molecule has 1 aliphatic rings. The zero-order valence-electron chi connectivity index (χ0n) is 16.4. The third kappa shape index (κ3) is 3.69. The summed E-state index contributed by atoms with van der Waals surface area (Å²) in [7, 11) is 1.66. The molecule has 4 rings (SSSR count). The number of nitrogens with one attached hydrogen (secondary N) is 1. The van der Waals surface area contributed by atoms with Crippen LogP contribution in [0, 0.1) is 10.1 Å². The van der Waals surface area contributed by atoms with Crippen molar-refractivity contribution >= 4 is 33.9 Å². The van der Waals surface area contributed by atoms with Gasteiger partial charge in [0.1, 0.15) is 0 Å². The van der Waals surface area contributed by atoms with Crippen molar-refractivity contribution in [2.75, 3.05) is 36.4 Å². The van der Waals surface area contributed by atoms with Crippen LogP contribution in [0.5, 0.6) is 0 Å². The van der Waals surface area contributed by atoms with E-state index < -0.39 is 4.92 Å². The van der Waals surface area contributed by atoms with Crippen LogP contribution in [0.3, 0.4) is 0 Å². The molecule has 1 saturated heterocycles. The summed E-state index contributed by atoms with van der Waals surface area (Å²) in [6, 6.07) is 13.4. The number of carbonyl (C=O) groups excluding carboxylic acids is 1. The summed E-state index contributed by atoms with van der Waals surface area (Å²) in [5.74, 6) is 0. The fourth-order valence-electron chi connectivity index (χ4n) is 3.66. The number of hydrogen-bond donors (Lipinski definition) is 1. The Morgan fingerprint density at radius 3 is 2.27 bits per heavy atom. The van der Waals surface area contributed by atoms with Crippen molar-refractivity contribution in [3.8, 4) is 0 Å². The number of aryl methyl sites for hydroxylation is 1. The van der Waals surface area contributed by atoms with E-state index in [0.29, 0.717) is 42.6 Å². The van der Waals surface area contributed by atoms with Gasteiger partial charge in [0.25, 0.3) is 11.2 Å². The zero-order chi connectivity index (χ0) is 21.3. The minimum atomic E-state index is -0.421. The lowest BCUT2D eigenvalue weighted by Gasteiger charge is -2.36. The van der Waals surface area contributed by atoms with Gasteiger partial charge in [0.2, 0.25) is 0 Å². The standard InChI is InChI=1S/C21H21N5O4/c1-23-14-19(17-4-2-3-5-18(17)20(23)27)22-21(28)25-12-10-24(11-13-25)15-6-8-16(9-7-15)26(29)30/h2-9,14H,10-13H2,1H3,(H,22,28). The van der Waals surface area contributed by atoms with Crippen LogP contribution < -0.4 is 15.8 Å². The molecule has 0 radical (unpaired) electrons. The summed E-state index contributed by atoms with van der Waals surface area (Å²) >= 11 is 0. The molecule has 1 fully saturated rings. The molecule has 2 amide bonds. The second kappa shape index (κ2) is 7.86. The maximum atomic E-state index is 12.8. The summed E-state index contributed by atoms with van der Waals surface area (Å²) < 4.78 is 1.46. The summed E-state index contributed by atoms with van der Waals surface area (Å²) in [4.78, 5) is 39.3. The quantitative estimate of drug-likeness (QED) is 0.531. The minimum Gasteiger partial charge on any atom is -0.368 e. The highest BCUT2D eigenvalue weighted by molar-refractivity contribution is 6.01. The molecule has 0 atom stereocenters. The molecule has 1 N–H and O–H groups in total. The molecule has 9 nitrogen and oxygen atoms in total. The van der Waals surface area contributed by atoms with E-state index in [4.69, 9.17) is 0 Å². The summed E-state index contributed by atoms with van der Waals surface area (Å²) in [6.45, 7) is 2.29. The first-order valence-corrected chi connectivity index (χ1v) is 9.58. The minimum absolute atomic E-state index is 0.0567. The van der Waals surface area contributed by atoms with Gasteiger partial charge < -0.3 is 19.7 Å². The Kier molecular flexibility index (Phi) is 5.09. The van der Waals surface area contributed by atoms with Gasteiger partial charge in [0.15, 0.2) is 0 Å². The Balaban J connectivity index is 1.44. The molecule has 0 bridgehead atoms. The molecular weight excluding hydrogens is 386 g/mol. The SMILES string of the molecule is Cn1cc(NC(=O)N2CCN(c3ccc([N+](=O)[O-])cc3)CC2)c2ccccc2c1=O. The van der Waals surface area contributed by atoms with Crippen molar-refractivity contribution in [2.24, 2.45) is 7.05 Å². The number of nitrogens with zero attached hydrogens (tertiary/aromatic N) is 4. The molecule has 154 valence electrons. The summed E-state index contributed by atoms with van der Waals surface area (Å²) in [5.41, 5.74) is 1.43. The van der Waals surface area contributed by atoms with Crippen LogP contribution in [0.4, 0.5) is 21.9 Å². The van der Waals surface area contributed by atoms with Gasteiger partial charge in [-0.05, 0) is 18.2 Å². The third-order valence-corrected chi connectivity index (χ3v) is 5.32. The van der Waals surface area contributed by atoms with Crippen LogP contribution in [0.15, 0.2) is 59.5 Å². The number of pyridine rings is 1. The van der Waals surface area contributed by atoms with E-state index in [1.165, 1.54) is 16.7 Å². The number of anilines is 2. The smallest absolute Gasteiger partial charge is 0.322 e. The number of carbonyl (C=O) groups is 1. The lowest BCUT2D eigenvalue weighted by Crippen LogP contribution is -2.50. The van der Waals surface area contributed by atoms with Crippen LogP contribution >= 0.6 is 0 Å². The van der Waals surface area contributed by atoms with Gasteiger partial charge in [-0.3, -0.25) is 14.9 Å². The Labute approximate surface area is 172 Å². The van der Waals surface area contributed by atoms with Gasteiger partial charge in [-0.25, -0.2) is 4.79 Å². The van der Waals surface area contributed by atoms with E-state index >= 15 is 0 Å². The molecule has 9 heteroatoms. The number of non-ortho nitro benzene ring substituents is 1. The monoisotopic (exact) mass is 407 g/mol. The number of aromatic nitrogens is 1. The predicted molar refractivity (Wildman–Crippen MR) is 115 cm³/mol. The van der Waals surface area contributed by atoms with Crippen molar-refractivity contribution in [3.63, 3.8) is 0 Å². The number of hydrogen-bond acceptors (Lipinski definition) is 5. The van der Waals surface area contributed by atoms with Crippen molar-refractivity contribution in [1.82, 2.24) is 9.47 Å². The van der Waals surface area contributed by atoms with Crippen molar-refractivity contribution in [3.05, 3.63) is 75.2 Å². The van der Waals surface area contributed by atoms with Crippen LogP contribution in [-0.4, -0.2) is 46.6 Å². The maximum Gasteiger partial charge on any atom is 0.322 e. The first-order valence-electron chi connectivity index (χ1n) is 9.58. The average Bonchev–Trinajstić information content (AvgIpc) is 2.77. The zero-order valence-corrected chi connectivity index (χ0v) is 16.4. The van der Waals surface area contributed by atoms with E-state index in [1.807, 2.05) is 12.1 Å². The number of rotatable bonds is 3. The van der Waals surface area contributed by atoms with E-state index in [2.05, 4.69) is 10.2 Å². The van der Waals surface area contributed by atoms with Crippen LogP contribution in [-0.2, 0) is 7.05 Å². The summed E-state index contributed by atoms with van der Waals surface area (Å²) in [6.07, 6.45) is 1.63. The molecule has 2 aromatic carbocycles. The van der Waals surface area contributed by atoms with Gasteiger partial charge >= 0.3 is 6.03 Å². The number of urea groups is 1. The van der Waals surface area contributed by atoms with E-state index in [9.17, 15) is 19.7 Å². The van der Waals surface area contributed by atoms with Gasteiger partial charge in [-0.15, -0.1) is 0 Å². The fourth-order valence-corrected chi connectivity index (χ4v) is 3.66. The highest BCUT2D eigenvalue weighted by Crippen LogP contribution is 2.23. The second-order valence-corrected chi connectivity index (χ2v) is 7.18. The number of piperazine rings is 1. The van der Waals surface area contributed by atoms with Crippen molar-refractivity contribution in [1.29, 1.82) is 0 Å². The van der Waals surface area contributed by atoms with Crippen LogP contribution in [0.2, 0.25) is 0 Å². The molecule has 0 aliphatic carbocycles. The molecule has 1 aromatic heterocycles. The van der Waals surface area contributed by atoms with Crippen LogP contribution in [0.25, 0.3) is 10.8 Å². The normalized spacial score (nSPS) is 14.0. The number of nitro groups is 1. The van der Waals surface area contributed by atoms with Gasteiger partial charge in [-0.1, -0.05) is 18.2 Å². The molecule has 1 aliphatic heterocycles. The maximum absolute atomic E-state index is 12.8. The molecule has 2 heterocycles. The highest BCUT2D eigenvalue weighted by Gasteiger charge is 2.22. The van der Waals surface area contributed by atoms with Crippen molar-refractivity contribution in [2.45, 2.75) is 0 Å². The average molecular weight is 407 g/mol. The molecular formula is C21H21N5O4. The fraction of sp³-hybridized carbons (Fsp3) is 0.238. The van der Waals surface area contributed by atoms with E-state index in [1.54, 1.807) is 42.4 Å². The second-order valence-electron chi connectivity index (χ2n) is 7.18. The van der Waals surface area contributed by atoms with E-state index in [0.717, 1.165) is 5.69 Å². The molecule has 0 spiro atoms. The Hall–Kier alpha value is -3.88. The Morgan fingerprint density at radius 2 is 1.63 bits per heavy atom. The molecule has 30 heavy (non-hydrogen) atoms. The lowest BCUT2D eigenvalue weighted by atomic mass is 10.1. The van der Waals surface area contributed by atoms with E-state index in [-0.39, 0.29) is 17.3 Å². The van der Waals surface area contributed by atoms with Crippen LogP contribution in [0.1, 0.15) is 0 Å². The van der Waals surface area contributed by atoms with Gasteiger partial charge in [0, 0.05) is 68.0 Å². The molecule has 0 saturated carbocycles. The van der Waals surface area contributed by atoms with Gasteiger partial charge in [-0.2, -0.15) is 0 Å². The lowest BCUT2D eigenvalue weighted by molar-refractivity contribution is -0.384. The Morgan fingerprint density at radius 1 is 1.00 bits per heavy atom. The van der Waals surface area contributed by atoms with Gasteiger partial charge in [0.05, 0.1) is 10.6 Å². The Bertz CT molecular complexity index is 1160. The highest BCUT2D eigenvalue weighted by atomic mass is 16.6. The topological polar surface area (TPSA) is 101 Å². The third-order valence-electron chi connectivity index (χ3n) is 5.32. The van der Waals surface area contributed by atoms with Crippen molar-refractivity contribution < 1.29 is 9.72 Å². The number of amides is 2. The first-order chi connectivity index (χ1) is 14.4. The number of fused-ring (bicyclic) bond motifs is 1. The molecule has 0 unspecified atom stereocenters. The summed E-state index contributed by atoms with van der Waals surface area (Å²) in [5, 5.41) is 15.0. The number of benzene rings is 2. The first kappa shape index (κ1) is 19.4. The predicted octanol–water partition coefficient (Wildman–Crippen LogP) is 2.80.